The highest BCUT2D eigenvalue weighted by atomic mass is 32.2. The first-order valence-electron chi connectivity index (χ1n) is 10.8. The molecule has 1 atom stereocenters. The minimum absolute atomic E-state index is 0.129. The number of para-hydroxylation sites is 2. The molecule has 8 heteroatoms. The zero-order chi connectivity index (χ0) is 22.9. The number of aromatic nitrogens is 2. The molecule has 0 N–H and O–H groups in total. The average Bonchev–Trinajstić information content (AvgIpc) is 2.80. The van der Waals surface area contributed by atoms with Crippen molar-refractivity contribution < 1.29 is 8.42 Å². The molecule has 1 aromatic heterocycles. The summed E-state index contributed by atoms with van der Waals surface area (Å²) >= 11 is 0. The lowest BCUT2D eigenvalue weighted by Crippen LogP contribution is -2.47. The second-order valence-corrected chi connectivity index (χ2v) is 10.2. The molecule has 1 aliphatic heterocycles. The lowest BCUT2D eigenvalue weighted by atomic mass is 10.1. The third kappa shape index (κ3) is 4.06. The fourth-order valence-electron chi connectivity index (χ4n) is 3.99. The van der Waals surface area contributed by atoms with E-state index in [2.05, 4.69) is 21.7 Å². The van der Waals surface area contributed by atoms with Gasteiger partial charge >= 0.3 is 0 Å². The Morgan fingerprint density at radius 1 is 1.00 bits per heavy atom. The maximum absolute atomic E-state index is 13.6. The number of nitrogens with zero attached hydrogens (tertiary/aromatic N) is 5. The van der Waals surface area contributed by atoms with E-state index in [9.17, 15) is 13.7 Å². The molecule has 0 amide bonds. The van der Waals surface area contributed by atoms with Crippen molar-refractivity contribution in [1.29, 1.82) is 5.26 Å². The number of hydrogen-bond acceptors (Lipinski definition) is 7. The summed E-state index contributed by atoms with van der Waals surface area (Å²) in [7, 11) is -3.99. The van der Waals surface area contributed by atoms with Crippen LogP contribution in [0.1, 0.15) is 29.0 Å². The van der Waals surface area contributed by atoms with E-state index in [4.69, 9.17) is 4.98 Å². The van der Waals surface area contributed by atoms with Crippen molar-refractivity contribution in [3.8, 4) is 6.07 Å². The van der Waals surface area contributed by atoms with Gasteiger partial charge in [0.15, 0.2) is 11.1 Å². The van der Waals surface area contributed by atoms with Crippen molar-refractivity contribution >= 4 is 26.7 Å². The van der Waals surface area contributed by atoms with Gasteiger partial charge in [0.1, 0.15) is 5.69 Å². The number of benzene rings is 2. The Bertz CT molecular complexity index is 1290. The van der Waals surface area contributed by atoms with Gasteiger partial charge < -0.3 is 9.80 Å². The highest BCUT2D eigenvalue weighted by Gasteiger charge is 2.35. The smallest absolute Gasteiger partial charge is 0.200 e. The molecule has 7 nitrogen and oxygen atoms in total. The number of fused-ring (bicyclic) bond motifs is 1. The number of likely N-dealkylation sites (N-methyl/N-ethyl adjacent to an activating group) is 1. The standard InChI is InChI=1S/C24H27N5O2S/c1-4-28-11-13-29(14-12-28)24-23(26-20-7-5-6-8-21(20)27-24)22(16-25)32(30,31)19-10-9-17(2)18(3)15-19/h5-10,15,22H,4,11-14H2,1-3H3/t22-/m0/s1. The molecule has 166 valence electrons. The van der Waals surface area contributed by atoms with Crippen molar-refractivity contribution in [3.05, 3.63) is 59.3 Å². The van der Waals surface area contributed by atoms with Crippen LogP contribution in [-0.4, -0.2) is 56.0 Å². The molecule has 32 heavy (non-hydrogen) atoms. The molecule has 1 saturated heterocycles. The van der Waals surface area contributed by atoms with E-state index >= 15 is 0 Å². The largest absolute Gasteiger partial charge is 0.352 e. The van der Waals surface area contributed by atoms with E-state index < -0.39 is 15.1 Å². The van der Waals surface area contributed by atoms with Crippen molar-refractivity contribution in [2.24, 2.45) is 0 Å². The van der Waals surface area contributed by atoms with Crippen molar-refractivity contribution in [1.82, 2.24) is 14.9 Å². The first-order chi connectivity index (χ1) is 15.3. The lowest BCUT2D eigenvalue weighted by molar-refractivity contribution is 0.270. The number of nitriles is 1. The van der Waals surface area contributed by atoms with Crippen LogP contribution >= 0.6 is 0 Å². The van der Waals surface area contributed by atoms with Gasteiger partial charge in [0.05, 0.1) is 22.0 Å². The van der Waals surface area contributed by atoms with Gasteiger partial charge in [-0.25, -0.2) is 18.4 Å². The fourth-order valence-corrected chi connectivity index (χ4v) is 5.46. The van der Waals surface area contributed by atoms with E-state index in [1.807, 2.05) is 38.1 Å². The summed E-state index contributed by atoms with van der Waals surface area (Å²) in [4.78, 5) is 14.0. The number of sulfone groups is 1. The summed E-state index contributed by atoms with van der Waals surface area (Å²) < 4.78 is 27.2. The van der Waals surface area contributed by atoms with E-state index in [1.165, 1.54) is 0 Å². The van der Waals surface area contributed by atoms with Gasteiger partial charge in [-0.1, -0.05) is 25.1 Å². The molecule has 0 spiro atoms. The van der Waals surface area contributed by atoms with Crippen LogP contribution in [0.5, 0.6) is 0 Å². The predicted molar refractivity (Wildman–Crippen MR) is 125 cm³/mol. The van der Waals surface area contributed by atoms with Gasteiger partial charge in [-0.3, -0.25) is 0 Å². The molecule has 3 aromatic rings. The van der Waals surface area contributed by atoms with Crippen LogP contribution < -0.4 is 4.90 Å². The first kappa shape index (κ1) is 22.2. The van der Waals surface area contributed by atoms with Gasteiger partial charge in [0.25, 0.3) is 0 Å². The molecular weight excluding hydrogens is 422 g/mol. The van der Waals surface area contributed by atoms with Gasteiger partial charge in [-0.05, 0) is 55.8 Å². The molecule has 4 rings (SSSR count). The van der Waals surface area contributed by atoms with Crippen LogP contribution in [0.2, 0.25) is 0 Å². The third-order valence-corrected chi connectivity index (χ3v) is 8.04. The zero-order valence-corrected chi connectivity index (χ0v) is 19.4. The summed E-state index contributed by atoms with van der Waals surface area (Å²) in [6.07, 6.45) is 0. The summed E-state index contributed by atoms with van der Waals surface area (Å²) in [5.74, 6) is 0.485. The molecule has 1 fully saturated rings. The predicted octanol–water partition coefficient (Wildman–Crippen LogP) is 3.43. The number of hydrogen-bond donors (Lipinski definition) is 0. The molecule has 0 saturated carbocycles. The number of piperazine rings is 1. The maximum Gasteiger partial charge on any atom is 0.200 e. The highest BCUT2D eigenvalue weighted by Crippen LogP contribution is 2.34. The summed E-state index contributed by atoms with van der Waals surface area (Å²) in [5, 5.41) is 8.61. The van der Waals surface area contributed by atoms with Gasteiger partial charge in [0, 0.05) is 26.2 Å². The summed E-state index contributed by atoms with van der Waals surface area (Å²) in [5.41, 5.74) is 3.33. The van der Waals surface area contributed by atoms with Crippen molar-refractivity contribution in [2.45, 2.75) is 30.9 Å². The maximum atomic E-state index is 13.6. The van der Waals surface area contributed by atoms with E-state index in [0.29, 0.717) is 29.9 Å². The van der Waals surface area contributed by atoms with Crippen LogP contribution in [0.3, 0.4) is 0 Å². The van der Waals surface area contributed by atoms with E-state index in [-0.39, 0.29) is 10.6 Å². The first-order valence-corrected chi connectivity index (χ1v) is 12.3. The van der Waals surface area contributed by atoms with Gasteiger partial charge in [-0.15, -0.1) is 0 Å². The van der Waals surface area contributed by atoms with Crippen molar-refractivity contribution in [3.63, 3.8) is 0 Å². The minimum Gasteiger partial charge on any atom is -0.352 e. The number of anilines is 1. The second kappa shape index (κ2) is 8.85. The van der Waals surface area contributed by atoms with E-state index in [0.717, 1.165) is 30.8 Å². The quantitative estimate of drug-likeness (QED) is 0.589. The molecule has 0 aliphatic carbocycles. The topological polar surface area (TPSA) is 90.2 Å². The molecule has 2 heterocycles. The highest BCUT2D eigenvalue weighted by molar-refractivity contribution is 7.92. The van der Waals surface area contributed by atoms with Crippen molar-refractivity contribution in [2.75, 3.05) is 37.6 Å². The van der Waals surface area contributed by atoms with Crippen LogP contribution in [-0.2, 0) is 9.84 Å². The SMILES string of the molecule is CCN1CCN(c2nc3ccccc3nc2[C@H](C#N)S(=O)(=O)c2ccc(C)c(C)c2)CC1. The number of rotatable bonds is 5. The molecule has 0 bridgehead atoms. The molecule has 2 aromatic carbocycles. The van der Waals surface area contributed by atoms with Gasteiger partial charge in [-0.2, -0.15) is 5.26 Å². The second-order valence-electron chi connectivity index (χ2n) is 8.14. The lowest BCUT2D eigenvalue weighted by Gasteiger charge is -2.35. The van der Waals surface area contributed by atoms with E-state index in [1.54, 1.807) is 24.3 Å². The molecule has 0 radical (unpaired) electrons. The van der Waals surface area contributed by atoms with Crippen LogP contribution in [0, 0.1) is 25.2 Å². The Hall–Kier alpha value is -3.02. The Labute approximate surface area is 189 Å². The Kier molecular flexibility index (Phi) is 6.13. The minimum atomic E-state index is -3.99. The van der Waals surface area contributed by atoms with Crippen LogP contribution in [0.15, 0.2) is 47.4 Å². The monoisotopic (exact) mass is 449 g/mol. The molecular formula is C24H27N5O2S. The average molecular weight is 450 g/mol. The normalized spacial score (nSPS) is 16.1. The Morgan fingerprint density at radius 3 is 2.25 bits per heavy atom. The molecule has 1 aliphatic rings. The Morgan fingerprint density at radius 2 is 1.66 bits per heavy atom. The Balaban J connectivity index is 1.85. The van der Waals surface area contributed by atoms with Crippen LogP contribution in [0.25, 0.3) is 11.0 Å². The number of aryl methyl sites for hydroxylation is 2. The van der Waals surface area contributed by atoms with Crippen LogP contribution in [0.4, 0.5) is 5.82 Å². The van der Waals surface area contributed by atoms with Gasteiger partial charge in [0.2, 0.25) is 9.84 Å². The summed E-state index contributed by atoms with van der Waals surface area (Å²) in [6, 6.07) is 14.4. The summed E-state index contributed by atoms with van der Waals surface area (Å²) in [6.45, 7) is 9.99. The molecule has 0 unspecified atom stereocenters. The third-order valence-electron chi connectivity index (χ3n) is 6.18. The zero-order valence-electron chi connectivity index (χ0n) is 18.6. The fraction of sp³-hybridized carbons (Fsp3) is 0.375.